The van der Waals surface area contributed by atoms with Crippen LogP contribution in [0.5, 0.6) is 0 Å². The van der Waals surface area contributed by atoms with Gasteiger partial charge in [0.15, 0.2) is 0 Å². The van der Waals surface area contributed by atoms with Crippen LogP contribution in [-0.4, -0.2) is 60.2 Å². The second kappa shape index (κ2) is 11.1. The van der Waals surface area contributed by atoms with Crippen LogP contribution in [0.25, 0.3) is 0 Å². The Labute approximate surface area is 203 Å². The van der Waals surface area contributed by atoms with Gasteiger partial charge in [0.1, 0.15) is 0 Å². The van der Waals surface area contributed by atoms with Crippen molar-refractivity contribution in [2.75, 3.05) is 43.4 Å². The molecule has 2 aromatic carbocycles. The van der Waals surface area contributed by atoms with E-state index in [1.807, 2.05) is 35.7 Å². The van der Waals surface area contributed by atoms with Crippen molar-refractivity contribution in [3.8, 4) is 0 Å². The molecule has 3 aromatic rings. The van der Waals surface area contributed by atoms with E-state index in [4.69, 9.17) is 0 Å². The Morgan fingerprint density at radius 3 is 2.29 bits per heavy atom. The number of carbonyl (C=O) groups is 3. The first-order valence-corrected chi connectivity index (χ1v) is 12.3. The van der Waals surface area contributed by atoms with Gasteiger partial charge >= 0.3 is 0 Å². The van der Waals surface area contributed by atoms with Crippen LogP contribution in [-0.2, 0) is 11.2 Å². The average Bonchev–Trinajstić information content (AvgIpc) is 3.40. The van der Waals surface area contributed by atoms with Crippen molar-refractivity contribution in [3.63, 3.8) is 0 Å². The fraction of sp³-hybridized carbons (Fsp3) is 0.269. The van der Waals surface area contributed by atoms with Crippen LogP contribution in [0.3, 0.4) is 0 Å². The third-order valence-corrected chi connectivity index (χ3v) is 6.70. The Hall–Kier alpha value is -3.49. The van der Waals surface area contributed by atoms with E-state index in [2.05, 4.69) is 22.5 Å². The maximum atomic E-state index is 12.9. The van der Waals surface area contributed by atoms with Crippen LogP contribution in [0, 0.1) is 0 Å². The Kier molecular flexibility index (Phi) is 7.72. The molecule has 0 radical (unpaired) electrons. The summed E-state index contributed by atoms with van der Waals surface area (Å²) < 4.78 is 0. The van der Waals surface area contributed by atoms with Gasteiger partial charge in [-0.25, -0.2) is 0 Å². The van der Waals surface area contributed by atoms with Crippen LogP contribution in [0.2, 0.25) is 0 Å². The third-order valence-electron chi connectivity index (χ3n) is 5.83. The Balaban J connectivity index is 1.25. The Morgan fingerprint density at radius 2 is 1.62 bits per heavy atom. The first-order valence-electron chi connectivity index (χ1n) is 11.4. The fourth-order valence-corrected chi connectivity index (χ4v) is 4.55. The van der Waals surface area contributed by atoms with Gasteiger partial charge in [0.05, 0.1) is 11.4 Å². The lowest BCUT2D eigenvalue weighted by molar-refractivity contribution is -0.117. The van der Waals surface area contributed by atoms with Crippen LogP contribution in [0.4, 0.5) is 11.4 Å². The number of hydrogen-bond acceptors (Lipinski definition) is 5. The SMILES string of the molecule is CCc1ccccc1NC(=O)CN1CCN(C(=O)c2ccc(NC(=O)c3cccs3)cc2)CC1. The smallest absolute Gasteiger partial charge is 0.265 e. The number of rotatable bonds is 7. The third kappa shape index (κ3) is 5.89. The van der Waals surface area contributed by atoms with Gasteiger partial charge in [-0.3, -0.25) is 19.3 Å². The minimum atomic E-state index is -0.160. The fourth-order valence-electron chi connectivity index (χ4n) is 3.93. The van der Waals surface area contributed by atoms with Gasteiger partial charge in [-0.05, 0) is 53.8 Å². The van der Waals surface area contributed by atoms with E-state index < -0.39 is 0 Å². The molecular weight excluding hydrogens is 448 g/mol. The standard InChI is InChI=1S/C26H28N4O3S/c1-2-19-6-3-4-7-22(19)28-24(31)18-29-13-15-30(16-14-29)26(33)20-9-11-21(12-10-20)27-25(32)23-8-5-17-34-23/h3-12,17H,2,13-16,18H2,1H3,(H,27,32)(H,28,31). The van der Waals surface area contributed by atoms with Crippen molar-refractivity contribution in [1.82, 2.24) is 9.80 Å². The summed E-state index contributed by atoms with van der Waals surface area (Å²) in [5, 5.41) is 7.70. The number of aryl methyl sites for hydroxylation is 1. The average molecular weight is 477 g/mol. The Bertz CT molecular complexity index is 1140. The highest BCUT2D eigenvalue weighted by atomic mass is 32.1. The largest absolute Gasteiger partial charge is 0.336 e. The zero-order valence-corrected chi connectivity index (χ0v) is 19.9. The van der Waals surface area contributed by atoms with Gasteiger partial charge in [-0.2, -0.15) is 0 Å². The van der Waals surface area contributed by atoms with Crippen molar-refractivity contribution < 1.29 is 14.4 Å². The highest BCUT2D eigenvalue weighted by molar-refractivity contribution is 7.12. The summed E-state index contributed by atoms with van der Waals surface area (Å²) in [5.41, 5.74) is 3.20. The topological polar surface area (TPSA) is 81.8 Å². The summed E-state index contributed by atoms with van der Waals surface area (Å²) in [7, 11) is 0. The lowest BCUT2D eigenvalue weighted by Crippen LogP contribution is -2.50. The molecule has 1 saturated heterocycles. The molecule has 0 aliphatic carbocycles. The van der Waals surface area contributed by atoms with E-state index in [0.717, 1.165) is 17.7 Å². The summed E-state index contributed by atoms with van der Waals surface area (Å²) >= 11 is 1.38. The molecule has 4 rings (SSSR count). The molecule has 34 heavy (non-hydrogen) atoms. The lowest BCUT2D eigenvalue weighted by Gasteiger charge is -2.34. The monoisotopic (exact) mass is 476 g/mol. The second-order valence-corrected chi connectivity index (χ2v) is 9.08. The highest BCUT2D eigenvalue weighted by Crippen LogP contribution is 2.17. The molecule has 2 heterocycles. The minimum Gasteiger partial charge on any atom is -0.336 e. The van der Waals surface area contributed by atoms with E-state index in [9.17, 15) is 14.4 Å². The first kappa shape index (κ1) is 23.7. The molecule has 0 unspecified atom stereocenters. The zero-order valence-electron chi connectivity index (χ0n) is 19.1. The highest BCUT2D eigenvalue weighted by Gasteiger charge is 2.23. The molecule has 176 valence electrons. The number of nitrogens with zero attached hydrogens (tertiary/aromatic N) is 2. The van der Waals surface area contributed by atoms with Crippen LogP contribution in [0.1, 0.15) is 32.5 Å². The van der Waals surface area contributed by atoms with Crippen molar-refractivity contribution in [1.29, 1.82) is 0 Å². The van der Waals surface area contributed by atoms with Gasteiger partial charge < -0.3 is 15.5 Å². The van der Waals surface area contributed by atoms with E-state index in [-0.39, 0.29) is 17.7 Å². The van der Waals surface area contributed by atoms with E-state index >= 15 is 0 Å². The summed E-state index contributed by atoms with van der Waals surface area (Å²) in [4.78, 5) is 42.1. The number of thiophene rings is 1. The number of anilines is 2. The molecule has 0 spiro atoms. The van der Waals surface area contributed by atoms with Crippen molar-refractivity contribution >= 4 is 40.4 Å². The maximum Gasteiger partial charge on any atom is 0.265 e. The van der Waals surface area contributed by atoms with Gasteiger partial charge in [0.25, 0.3) is 11.8 Å². The zero-order chi connectivity index (χ0) is 23.9. The molecular formula is C26H28N4O3S. The van der Waals surface area contributed by atoms with Gasteiger partial charge in [0, 0.05) is 43.1 Å². The first-order chi connectivity index (χ1) is 16.5. The van der Waals surface area contributed by atoms with E-state index in [1.165, 1.54) is 11.3 Å². The number of amides is 3. The van der Waals surface area contributed by atoms with Crippen LogP contribution < -0.4 is 10.6 Å². The van der Waals surface area contributed by atoms with Crippen molar-refractivity contribution in [3.05, 3.63) is 82.0 Å². The molecule has 0 bridgehead atoms. The lowest BCUT2D eigenvalue weighted by atomic mass is 10.1. The minimum absolute atomic E-state index is 0.0409. The predicted molar refractivity (Wildman–Crippen MR) is 136 cm³/mol. The van der Waals surface area contributed by atoms with Gasteiger partial charge in [-0.1, -0.05) is 31.2 Å². The van der Waals surface area contributed by atoms with Gasteiger partial charge in [-0.15, -0.1) is 11.3 Å². The number of hydrogen-bond donors (Lipinski definition) is 2. The molecule has 8 heteroatoms. The van der Waals surface area contributed by atoms with E-state index in [1.54, 1.807) is 35.2 Å². The predicted octanol–water partition coefficient (Wildman–Crippen LogP) is 3.96. The second-order valence-electron chi connectivity index (χ2n) is 8.14. The number of para-hydroxylation sites is 1. The summed E-state index contributed by atoms with van der Waals surface area (Å²) in [6.07, 6.45) is 0.860. The van der Waals surface area contributed by atoms with Crippen LogP contribution in [0.15, 0.2) is 66.0 Å². The number of benzene rings is 2. The maximum absolute atomic E-state index is 12.9. The van der Waals surface area contributed by atoms with Crippen molar-refractivity contribution in [2.24, 2.45) is 0 Å². The summed E-state index contributed by atoms with van der Waals surface area (Å²) in [5.74, 6) is -0.245. The molecule has 0 atom stereocenters. The number of carbonyl (C=O) groups excluding carboxylic acids is 3. The van der Waals surface area contributed by atoms with Crippen LogP contribution >= 0.6 is 11.3 Å². The molecule has 2 N–H and O–H groups in total. The molecule has 3 amide bonds. The van der Waals surface area contributed by atoms with E-state index in [0.29, 0.717) is 48.9 Å². The Morgan fingerprint density at radius 1 is 0.882 bits per heavy atom. The normalized spacial score (nSPS) is 14.0. The molecule has 7 nitrogen and oxygen atoms in total. The number of nitrogens with one attached hydrogen (secondary N) is 2. The van der Waals surface area contributed by atoms with Gasteiger partial charge in [0.2, 0.25) is 5.91 Å². The summed E-state index contributed by atoms with van der Waals surface area (Å²) in [6, 6.07) is 18.4. The molecule has 1 aliphatic heterocycles. The van der Waals surface area contributed by atoms with Crippen molar-refractivity contribution in [2.45, 2.75) is 13.3 Å². The molecule has 1 aromatic heterocycles. The number of piperazine rings is 1. The molecule has 1 fully saturated rings. The summed E-state index contributed by atoms with van der Waals surface area (Å²) in [6.45, 7) is 4.78. The molecule has 1 aliphatic rings. The quantitative estimate of drug-likeness (QED) is 0.541. The molecule has 0 saturated carbocycles.